The molecule has 3 N–H and O–H groups in total. The minimum atomic E-state index is 0.127. The van der Waals surface area contributed by atoms with Gasteiger partial charge in [0.2, 0.25) is 0 Å². The quantitative estimate of drug-likeness (QED) is 0.657. The van der Waals surface area contributed by atoms with Crippen molar-refractivity contribution in [1.29, 1.82) is 0 Å². The summed E-state index contributed by atoms with van der Waals surface area (Å²) in [5, 5.41) is 3.33. The summed E-state index contributed by atoms with van der Waals surface area (Å²) in [4.78, 5) is 10.2. The van der Waals surface area contributed by atoms with Gasteiger partial charge in [-0.25, -0.2) is 9.97 Å². The van der Waals surface area contributed by atoms with Crippen LogP contribution in [0.3, 0.4) is 0 Å². The van der Waals surface area contributed by atoms with Gasteiger partial charge in [-0.1, -0.05) is 0 Å². The Morgan fingerprint density at radius 3 is 2.95 bits per heavy atom. The summed E-state index contributed by atoms with van der Waals surface area (Å²) in [5.41, 5.74) is 8.10. The Kier molecular flexibility index (Phi) is 4.46. The minimum Gasteiger partial charge on any atom is -0.467 e. The van der Waals surface area contributed by atoms with E-state index in [-0.39, 0.29) is 6.04 Å². The van der Waals surface area contributed by atoms with E-state index in [1.165, 1.54) is 10.4 Å². The summed E-state index contributed by atoms with van der Waals surface area (Å²) in [6.45, 7) is 4.69. The number of hydrogen-bond acceptors (Lipinski definition) is 6. The van der Waals surface area contributed by atoms with E-state index in [4.69, 9.17) is 10.2 Å². The Hall–Kier alpha value is -1.44. The summed E-state index contributed by atoms with van der Waals surface area (Å²) in [6, 6.07) is 3.93. The Labute approximate surface area is 141 Å². The van der Waals surface area contributed by atoms with Crippen molar-refractivity contribution in [2.45, 2.75) is 32.9 Å². The van der Waals surface area contributed by atoms with Crippen LogP contribution >= 0.6 is 27.3 Å². The van der Waals surface area contributed by atoms with Gasteiger partial charge in [-0.2, -0.15) is 0 Å². The summed E-state index contributed by atoms with van der Waals surface area (Å²) in [7, 11) is 0. The smallest absolute Gasteiger partial charge is 0.199 e. The Balaban J connectivity index is 1.98. The highest BCUT2D eigenvalue weighted by atomic mass is 79.9. The monoisotopic (exact) mass is 380 g/mol. The van der Waals surface area contributed by atoms with E-state index >= 15 is 0 Å². The van der Waals surface area contributed by atoms with Crippen LogP contribution in [-0.4, -0.2) is 16.0 Å². The predicted molar refractivity (Wildman–Crippen MR) is 93.2 cm³/mol. The Morgan fingerprint density at radius 2 is 2.27 bits per heavy atom. The Bertz CT molecular complexity index is 783. The molecule has 0 fully saturated rings. The zero-order chi connectivity index (χ0) is 15.7. The van der Waals surface area contributed by atoms with Crippen molar-refractivity contribution in [2.75, 3.05) is 5.32 Å². The van der Waals surface area contributed by atoms with Gasteiger partial charge >= 0.3 is 0 Å². The van der Waals surface area contributed by atoms with Crippen LogP contribution < -0.4 is 11.1 Å². The molecule has 0 aliphatic carbocycles. The van der Waals surface area contributed by atoms with E-state index in [1.54, 1.807) is 17.6 Å². The fourth-order valence-corrected chi connectivity index (χ4v) is 4.00. The van der Waals surface area contributed by atoms with Gasteiger partial charge in [0, 0.05) is 10.9 Å². The van der Waals surface area contributed by atoms with Crippen molar-refractivity contribution in [3.05, 3.63) is 39.3 Å². The number of aromatic nitrogens is 2. The van der Waals surface area contributed by atoms with E-state index in [2.05, 4.69) is 38.1 Å². The number of anilines is 1. The number of fused-ring (bicyclic) bond motifs is 1. The lowest BCUT2D eigenvalue weighted by Gasteiger charge is -2.05. The standard InChI is InChI=1S/C15H17BrN4OS/c1-8(17)6-11-9(2)12-13(22-11)14(20-15(16)19-12)18-7-10-4-3-5-21-10/h3-5,8H,6-7,17H2,1-2H3,(H,18,19,20). The first kappa shape index (κ1) is 15.5. The van der Waals surface area contributed by atoms with Gasteiger partial charge in [0.25, 0.3) is 0 Å². The molecule has 0 aromatic carbocycles. The number of rotatable bonds is 5. The molecular formula is C15H17BrN4OS. The van der Waals surface area contributed by atoms with Crippen molar-refractivity contribution in [3.63, 3.8) is 0 Å². The molecule has 7 heteroatoms. The Morgan fingerprint density at radius 1 is 1.45 bits per heavy atom. The third-order valence-electron chi connectivity index (χ3n) is 3.35. The molecule has 3 rings (SSSR count). The van der Waals surface area contributed by atoms with Gasteiger partial charge in [0.05, 0.1) is 23.0 Å². The number of hydrogen-bond donors (Lipinski definition) is 2. The summed E-state index contributed by atoms with van der Waals surface area (Å²) in [5.74, 6) is 1.68. The van der Waals surface area contributed by atoms with Crippen LogP contribution in [0.1, 0.15) is 23.1 Å². The van der Waals surface area contributed by atoms with E-state index in [9.17, 15) is 0 Å². The second-order valence-electron chi connectivity index (χ2n) is 5.28. The van der Waals surface area contributed by atoms with Crippen molar-refractivity contribution in [2.24, 2.45) is 5.73 Å². The molecule has 3 aromatic rings. The SMILES string of the molecule is Cc1c(CC(C)N)sc2c(NCc3ccco3)nc(Br)nc12. The van der Waals surface area contributed by atoms with Crippen LogP contribution in [0.2, 0.25) is 0 Å². The fraction of sp³-hybridized carbons (Fsp3) is 0.333. The number of furan rings is 1. The molecule has 0 saturated heterocycles. The van der Waals surface area contributed by atoms with Crippen molar-refractivity contribution < 1.29 is 4.42 Å². The lowest BCUT2D eigenvalue weighted by atomic mass is 10.1. The number of nitrogens with one attached hydrogen (secondary N) is 1. The van der Waals surface area contributed by atoms with Crippen molar-refractivity contribution >= 4 is 43.3 Å². The highest BCUT2D eigenvalue weighted by molar-refractivity contribution is 9.10. The first-order chi connectivity index (χ1) is 10.5. The lowest BCUT2D eigenvalue weighted by molar-refractivity contribution is 0.518. The first-order valence-electron chi connectivity index (χ1n) is 7.02. The summed E-state index contributed by atoms with van der Waals surface area (Å²) in [6.07, 6.45) is 2.51. The normalized spacial score (nSPS) is 12.7. The first-order valence-corrected chi connectivity index (χ1v) is 8.63. The molecule has 0 saturated carbocycles. The molecule has 0 aliphatic heterocycles. The van der Waals surface area contributed by atoms with E-state index < -0.39 is 0 Å². The molecule has 0 spiro atoms. The fourth-order valence-electron chi connectivity index (χ4n) is 2.30. The maximum atomic E-state index is 5.94. The number of nitrogens with two attached hydrogens (primary N) is 1. The molecule has 22 heavy (non-hydrogen) atoms. The van der Waals surface area contributed by atoms with Crippen LogP contribution in [0.15, 0.2) is 27.5 Å². The minimum absolute atomic E-state index is 0.127. The van der Waals surface area contributed by atoms with Crippen LogP contribution in [0.25, 0.3) is 10.2 Å². The molecule has 0 aliphatic rings. The summed E-state index contributed by atoms with van der Waals surface area (Å²) >= 11 is 5.10. The van der Waals surface area contributed by atoms with Gasteiger partial charge < -0.3 is 15.5 Å². The third-order valence-corrected chi connectivity index (χ3v) is 5.02. The van der Waals surface area contributed by atoms with Crippen LogP contribution in [0, 0.1) is 6.92 Å². The predicted octanol–water partition coefficient (Wildman–Crippen LogP) is 3.86. The van der Waals surface area contributed by atoms with Crippen molar-refractivity contribution in [1.82, 2.24) is 9.97 Å². The third kappa shape index (κ3) is 3.16. The number of aryl methyl sites for hydroxylation is 1. The molecule has 1 atom stereocenters. The van der Waals surface area contributed by atoms with Gasteiger partial charge in [-0.3, -0.25) is 0 Å². The molecule has 3 aromatic heterocycles. The molecular weight excluding hydrogens is 364 g/mol. The second-order valence-corrected chi connectivity index (χ2v) is 7.10. The average Bonchev–Trinajstić information content (AvgIpc) is 3.07. The summed E-state index contributed by atoms with van der Waals surface area (Å²) < 4.78 is 6.99. The highest BCUT2D eigenvalue weighted by Gasteiger charge is 2.16. The molecule has 3 heterocycles. The van der Waals surface area contributed by atoms with Crippen LogP contribution in [-0.2, 0) is 13.0 Å². The highest BCUT2D eigenvalue weighted by Crippen LogP contribution is 2.35. The molecule has 0 radical (unpaired) electrons. The zero-order valence-electron chi connectivity index (χ0n) is 12.4. The van der Waals surface area contributed by atoms with Gasteiger partial charge in [0.1, 0.15) is 11.6 Å². The van der Waals surface area contributed by atoms with E-state index in [1.807, 2.05) is 19.1 Å². The topological polar surface area (TPSA) is 77.0 Å². The number of halogens is 1. The maximum absolute atomic E-state index is 5.94. The molecule has 0 bridgehead atoms. The van der Waals surface area contributed by atoms with Crippen LogP contribution in [0.5, 0.6) is 0 Å². The molecule has 0 amide bonds. The number of nitrogens with zero attached hydrogens (tertiary/aromatic N) is 2. The lowest BCUT2D eigenvalue weighted by Crippen LogP contribution is -2.17. The maximum Gasteiger partial charge on any atom is 0.199 e. The largest absolute Gasteiger partial charge is 0.467 e. The van der Waals surface area contributed by atoms with E-state index in [0.717, 1.165) is 28.2 Å². The molecule has 1 unspecified atom stereocenters. The molecule has 116 valence electrons. The second kappa shape index (κ2) is 6.36. The van der Waals surface area contributed by atoms with Crippen molar-refractivity contribution in [3.8, 4) is 0 Å². The van der Waals surface area contributed by atoms with Gasteiger partial charge in [0.15, 0.2) is 4.73 Å². The van der Waals surface area contributed by atoms with Gasteiger partial charge in [-0.05, 0) is 53.9 Å². The zero-order valence-corrected chi connectivity index (χ0v) is 14.8. The van der Waals surface area contributed by atoms with E-state index in [0.29, 0.717) is 11.3 Å². The average molecular weight is 381 g/mol. The van der Waals surface area contributed by atoms with Gasteiger partial charge in [-0.15, -0.1) is 11.3 Å². The number of thiophene rings is 1. The molecule has 5 nitrogen and oxygen atoms in total. The van der Waals surface area contributed by atoms with Crippen LogP contribution in [0.4, 0.5) is 5.82 Å².